The molecule has 2 heterocycles. The van der Waals surface area contributed by atoms with E-state index in [4.69, 9.17) is 11.6 Å². The number of alkyl halides is 1. The molecule has 0 spiro atoms. The van der Waals surface area contributed by atoms with Gasteiger partial charge in [-0.15, -0.1) is 34.7 Å². The minimum atomic E-state index is -1.77. The first-order chi connectivity index (χ1) is 15.3. The van der Waals surface area contributed by atoms with Crippen molar-refractivity contribution in [1.29, 1.82) is 0 Å². The van der Waals surface area contributed by atoms with E-state index in [0.29, 0.717) is 5.84 Å². The third kappa shape index (κ3) is 7.93. The van der Waals surface area contributed by atoms with Gasteiger partial charge in [0, 0.05) is 25.4 Å². The maximum atomic E-state index is 13.4. The normalized spacial score (nSPS) is 14.0. The van der Waals surface area contributed by atoms with Crippen molar-refractivity contribution in [2.24, 2.45) is 16.6 Å². The minimum Gasteiger partial charge on any atom is -0.388 e. The standard InChI is InChI=1S/C15H16FN5OS2.C3H6S.C2H6.CH3Cl/c1-20(2)13-11-6-7-23-15(11)21(18)14(19-13)12(17)24(22)10-5-3-4-9(16)8-10;1-3-4-2;2*1-2/h3-8H,17-18H2,1-2H3;3H,1H2,2H3;1-2H3;1H3/b14-12+;;;. The molecule has 0 radical (unpaired) electrons. The highest BCUT2D eigenvalue weighted by molar-refractivity contribution is 8.01. The molecule has 0 fully saturated rings. The Kier molecular flexibility index (Phi) is 15.0. The molecule has 0 saturated heterocycles. The average Bonchev–Trinajstić information content (AvgIpc) is 3.31. The molecule has 0 bridgehead atoms. The predicted molar refractivity (Wildman–Crippen MR) is 142 cm³/mol. The lowest BCUT2D eigenvalue weighted by molar-refractivity contribution is 0.619. The molecule has 1 unspecified atom stereocenters. The molecule has 11 heteroatoms. The van der Waals surface area contributed by atoms with Crippen LogP contribution in [0.1, 0.15) is 19.4 Å². The summed E-state index contributed by atoms with van der Waals surface area (Å²) in [5.74, 6) is 6.49. The average molecular weight is 520 g/mol. The van der Waals surface area contributed by atoms with Gasteiger partial charge >= 0.3 is 0 Å². The fourth-order valence-electron chi connectivity index (χ4n) is 2.28. The molecule has 32 heavy (non-hydrogen) atoms. The van der Waals surface area contributed by atoms with Gasteiger partial charge < -0.3 is 10.6 Å². The van der Waals surface area contributed by atoms with Crippen LogP contribution in [0.3, 0.4) is 0 Å². The third-order valence-electron chi connectivity index (χ3n) is 3.57. The molecule has 1 atom stereocenters. The van der Waals surface area contributed by atoms with E-state index in [-0.39, 0.29) is 15.7 Å². The second-order valence-corrected chi connectivity index (χ2v) is 8.80. The number of thioether (sulfide) groups is 1. The van der Waals surface area contributed by atoms with Gasteiger partial charge in [-0.2, -0.15) is 0 Å². The van der Waals surface area contributed by atoms with Crippen LogP contribution in [-0.2, 0) is 10.8 Å². The van der Waals surface area contributed by atoms with Crippen LogP contribution in [0.2, 0.25) is 0 Å². The van der Waals surface area contributed by atoms with Crippen molar-refractivity contribution in [2.75, 3.05) is 31.7 Å². The van der Waals surface area contributed by atoms with Gasteiger partial charge in [-0.05, 0) is 41.3 Å². The van der Waals surface area contributed by atoms with Gasteiger partial charge in [0.15, 0.2) is 5.82 Å². The SMILES string of the molecule is C=CSC.CC.CCl.CN(C)C1=N/C(=C(/N)S(=O)c2cccc(F)c2)N(N)c2sccc21. The number of anilines is 1. The lowest BCUT2D eigenvalue weighted by Crippen LogP contribution is -2.38. The maximum Gasteiger partial charge on any atom is 0.183 e. The minimum absolute atomic E-state index is 0.0264. The summed E-state index contributed by atoms with van der Waals surface area (Å²) in [6.07, 6.45) is 3.45. The number of hydrogen-bond acceptors (Lipinski definition) is 8. The molecule has 0 aliphatic carbocycles. The van der Waals surface area contributed by atoms with E-state index in [1.54, 1.807) is 23.2 Å². The zero-order chi connectivity index (χ0) is 24.8. The number of rotatable bonds is 3. The largest absolute Gasteiger partial charge is 0.388 e. The van der Waals surface area contributed by atoms with Gasteiger partial charge in [0.2, 0.25) is 0 Å². The lowest BCUT2D eigenvalue weighted by Gasteiger charge is -2.28. The molecule has 2 aromatic rings. The molecule has 0 saturated carbocycles. The Balaban J connectivity index is 0.00000106. The van der Waals surface area contributed by atoms with Gasteiger partial charge in [0.05, 0.1) is 5.56 Å². The molecule has 6 nitrogen and oxygen atoms in total. The third-order valence-corrected chi connectivity index (χ3v) is 6.07. The fourth-order valence-corrected chi connectivity index (χ4v) is 4.08. The number of thiophene rings is 1. The number of amidine groups is 1. The number of fused-ring (bicyclic) bond motifs is 1. The molecule has 1 aliphatic rings. The first-order valence-electron chi connectivity index (χ1n) is 9.39. The van der Waals surface area contributed by atoms with Crippen LogP contribution in [0, 0.1) is 5.82 Å². The summed E-state index contributed by atoms with van der Waals surface area (Å²) in [5.41, 5.74) is 6.94. The van der Waals surface area contributed by atoms with E-state index in [9.17, 15) is 8.60 Å². The second kappa shape index (κ2) is 15.9. The van der Waals surface area contributed by atoms with E-state index >= 15 is 0 Å². The van der Waals surface area contributed by atoms with E-state index in [0.717, 1.165) is 10.6 Å². The van der Waals surface area contributed by atoms with E-state index in [1.165, 1.54) is 40.9 Å². The zero-order valence-electron chi connectivity index (χ0n) is 19.1. The highest BCUT2D eigenvalue weighted by Gasteiger charge is 2.28. The molecular weight excluding hydrogens is 489 g/mol. The lowest BCUT2D eigenvalue weighted by atomic mass is 10.2. The predicted octanol–water partition coefficient (Wildman–Crippen LogP) is 5.16. The molecule has 0 amide bonds. The van der Waals surface area contributed by atoms with E-state index in [1.807, 2.05) is 50.5 Å². The first-order valence-corrected chi connectivity index (χ1v) is 13.5. The summed E-state index contributed by atoms with van der Waals surface area (Å²) in [5, 5.41) is 5.73. The zero-order valence-corrected chi connectivity index (χ0v) is 22.3. The number of benzene rings is 1. The molecule has 1 aromatic heterocycles. The molecule has 178 valence electrons. The smallest absolute Gasteiger partial charge is 0.183 e. The molecule has 4 N–H and O–H groups in total. The Hall–Kier alpha value is -1.85. The first kappa shape index (κ1) is 30.1. The van der Waals surface area contributed by atoms with Crippen molar-refractivity contribution in [3.63, 3.8) is 0 Å². The van der Waals surface area contributed by atoms with Crippen LogP contribution in [0.15, 0.2) is 68.4 Å². The number of halogens is 2. The highest BCUT2D eigenvalue weighted by Crippen LogP contribution is 2.34. The summed E-state index contributed by atoms with van der Waals surface area (Å²) < 4.78 is 26.0. The second-order valence-electron chi connectivity index (χ2n) is 5.66. The van der Waals surface area contributed by atoms with Crippen LogP contribution in [-0.4, -0.2) is 41.7 Å². The topological polar surface area (TPSA) is 88.0 Å². The molecule has 1 aromatic carbocycles. The van der Waals surface area contributed by atoms with Crippen molar-refractivity contribution in [3.05, 3.63) is 69.9 Å². The Morgan fingerprint density at radius 1 is 1.34 bits per heavy atom. The van der Waals surface area contributed by atoms with Crippen LogP contribution in [0.4, 0.5) is 9.39 Å². The summed E-state index contributed by atoms with van der Waals surface area (Å²) in [6, 6.07) is 7.40. The van der Waals surface area contributed by atoms with Gasteiger partial charge in [0.25, 0.3) is 0 Å². The number of aliphatic imine (C=N–C) groups is 1. The Bertz CT molecular complexity index is 947. The van der Waals surface area contributed by atoms with Gasteiger partial charge in [-0.25, -0.2) is 24.4 Å². The van der Waals surface area contributed by atoms with E-state index < -0.39 is 16.6 Å². The molecule has 3 rings (SSSR count). The molecular formula is C21H31ClFN5OS3. The number of hydrogen-bond donors (Lipinski definition) is 2. The van der Waals surface area contributed by atoms with Crippen molar-refractivity contribution in [1.82, 2.24) is 4.90 Å². The van der Waals surface area contributed by atoms with Crippen LogP contribution >= 0.6 is 34.7 Å². The number of nitrogens with two attached hydrogens (primary N) is 2. The maximum absolute atomic E-state index is 13.4. The summed E-state index contributed by atoms with van der Waals surface area (Å²) in [6.45, 7) is 7.44. The molecule has 1 aliphatic heterocycles. The quantitative estimate of drug-likeness (QED) is 0.430. The van der Waals surface area contributed by atoms with Gasteiger partial charge in [-0.1, -0.05) is 26.5 Å². The van der Waals surface area contributed by atoms with Crippen LogP contribution in [0.25, 0.3) is 0 Å². The van der Waals surface area contributed by atoms with Gasteiger partial charge in [0.1, 0.15) is 32.5 Å². The van der Waals surface area contributed by atoms with Crippen molar-refractivity contribution < 1.29 is 8.60 Å². The highest BCUT2D eigenvalue weighted by atomic mass is 35.5. The monoisotopic (exact) mass is 519 g/mol. The Labute approximate surface area is 206 Å². The van der Waals surface area contributed by atoms with Crippen molar-refractivity contribution >= 4 is 56.3 Å². The Morgan fingerprint density at radius 3 is 2.44 bits per heavy atom. The van der Waals surface area contributed by atoms with Gasteiger partial charge in [-0.3, -0.25) is 0 Å². The fraction of sp³-hybridized carbons (Fsp3) is 0.286. The summed E-state index contributed by atoms with van der Waals surface area (Å²) >= 11 is 7.69. The van der Waals surface area contributed by atoms with Crippen LogP contribution < -0.4 is 16.6 Å². The van der Waals surface area contributed by atoms with Crippen molar-refractivity contribution in [2.45, 2.75) is 18.7 Å². The summed E-state index contributed by atoms with van der Waals surface area (Å²) in [7, 11) is 1.93. The Morgan fingerprint density at radius 2 is 1.94 bits per heavy atom. The number of nitrogens with zero attached hydrogens (tertiary/aromatic N) is 3. The van der Waals surface area contributed by atoms with E-state index in [2.05, 4.69) is 23.2 Å². The summed E-state index contributed by atoms with van der Waals surface area (Å²) in [4.78, 5) is 6.55. The van der Waals surface area contributed by atoms with Crippen molar-refractivity contribution in [3.8, 4) is 0 Å². The van der Waals surface area contributed by atoms with Crippen LogP contribution in [0.5, 0.6) is 0 Å². The number of hydrazine groups is 1.